The molecule has 1 atom stereocenters. The van der Waals surface area contributed by atoms with Gasteiger partial charge in [-0.3, -0.25) is 4.90 Å². The number of rotatable bonds is 5. The van der Waals surface area contributed by atoms with Crippen LogP contribution in [0.1, 0.15) is 29.2 Å². The number of nitrogens with zero attached hydrogens (tertiary/aromatic N) is 1. The zero-order chi connectivity index (χ0) is 14.7. The summed E-state index contributed by atoms with van der Waals surface area (Å²) in [6.07, 6.45) is 2.26. The van der Waals surface area contributed by atoms with Crippen LogP contribution in [0.3, 0.4) is 0 Å². The number of benzene rings is 2. The van der Waals surface area contributed by atoms with Gasteiger partial charge in [0.25, 0.3) is 0 Å². The predicted molar refractivity (Wildman–Crippen MR) is 88.4 cm³/mol. The number of hydrogen-bond acceptors (Lipinski definition) is 2. The van der Waals surface area contributed by atoms with E-state index in [1.807, 2.05) is 6.07 Å². The van der Waals surface area contributed by atoms with Gasteiger partial charge in [-0.15, -0.1) is 0 Å². The van der Waals surface area contributed by atoms with Gasteiger partial charge in [0, 0.05) is 30.7 Å². The Balaban J connectivity index is 1.83. The quantitative estimate of drug-likeness (QED) is 0.910. The molecule has 0 aromatic heterocycles. The molecule has 1 unspecified atom stereocenters. The zero-order valence-electron chi connectivity index (χ0n) is 12.1. The van der Waals surface area contributed by atoms with Crippen LogP contribution in [0.5, 0.6) is 0 Å². The maximum absolute atomic E-state index is 6.11. The molecule has 110 valence electrons. The molecule has 21 heavy (non-hydrogen) atoms. The second-order valence-corrected chi connectivity index (χ2v) is 6.08. The number of nitrogens with two attached hydrogens (primary N) is 1. The summed E-state index contributed by atoms with van der Waals surface area (Å²) in [4.78, 5) is 2.50. The molecule has 0 radical (unpaired) electrons. The Bertz CT molecular complexity index is 597. The molecule has 0 fully saturated rings. The van der Waals surface area contributed by atoms with Crippen molar-refractivity contribution >= 4 is 11.6 Å². The molecule has 0 amide bonds. The number of fused-ring (bicyclic) bond motifs is 1. The van der Waals surface area contributed by atoms with Gasteiger partial charge in [0.15, 0.2) is 0 Å². The maximum atomic E-state index is 6.11. The Kier molecular flexibility index (Phi) is 4.59. The smallest absolute Gasteiger partial charge is 0.0408 e. The molecule has 0 saturated heterocycles. The summed E-state index contributed by atoms with van der Waals surface area (Å²) in [6.45, 7) is 2.55. The Morgan fingerprint density at radius 2 is 1.95 bits per heavy atom. The summed E-state index contributed by atoms with van der Waals surface area (Å²) in [5, 5.41) is 0.836. The molecule has 0 saturated carbocycles. The van der Waals surface area contributed by atoms with E-state index in [4.69, 9.17) is 17.3 Å². The summed E-state index contributed by atoms with van der Waals surface area (Å²) < 4.78 is 0. The normalized spacial score (nSPS) is 17.2. The van der Waals surface area contributed by atoms with E-state index < -0.39 is 0 Å². The molecular formula is C18H21ClN2. The highest BCUT2D eigenvalue weighted by Crippen LogP contribution is 2.37. The fourth-order valence-electron chi connectivity index (χ4n) is 3.27. The highest BCUT2D eigenvalue weighted by Gasteiger charge is 2.27. The van der Waals surface area contributed by atoms with E-state index in [0.29, 0.717) is 12.6 Å². The lowest BCUT2D eigenvalue weighted by Gasteiger charge is -2.29. The fourth-order valence-corrected chi connectivity index (χ4v) is 3.47. The van der Waals surface area contributed by atoms with E-state index >= 15 is 0 Å². The third-order valence-corrected chi connectivity index (χ3v) is 4.47. The molecular weight excluding hydrogens is 280 g/mol. The second-order valence-electron chi connectivity index (χ2n) is 5.64. The molecule has 0 aliphatic heterocycles. The van der Waals surface area contributed by atoms with Crippen LogP contribution in [0.15, 0.2) is 48.5 Å². The van der Waals surface area contributed by atoms with Crippen LogP contribution < -0.4 is 5.73 Å². The first-order chi connectivity index (χ1) is 10.3. The molecule has 2 N–H and O–H groups in total. The first kappa shape index (κ1) is 14.6. The number of hydrogen-bond donors (Lipinski definition) is 1. The van der Waals surface area contributed by atoms with Crippen molar-refractivity contribution in [2.45, 2.75) is 25.4 Å². The summed E-state index contributed by atoms with van der Waals surface area (Å²) >= 11 is 6.11. The minimum Gasteiger partial charge on any atom is -0.329 e. The second kappa shape index (κ2) is 6.61. The summed E-state index contributed by atoms with van der Waals surface area (Å²) in [6, 6.07) is 17.4. The third kappa shape index (κ3) is 3.29. The maximum Gasteiger partial charge on any atom is 0.0408 e. The van der Waals surface area contributed by atoms with Crippen LogP contribution in [0, 0.1) is 0 Å². The zero-order valence-corrected chi connectivity index (χ0v) is 12.9. The molecule has 2 aromatic carbocycles. The van der Waals surface area contributed by atoms with Crippen LogP contribution in [0.2, 0.25) is 5.02 Å². The molecule has 3 heteroatoms. The van der Waals surface area contributed by atoms with Gasteiger partial charge >= 0.3 is 0 Å². The summed E-state index contributed by atoms with van der Waals surface area (Å²) in [5.41, 5.74) is 9.98. The van der Waals surface area contributed by atoms with Crippen molar-refractivity contribution in [2.75, 3.05) is 13.1 Å². The molecule has 0 heterocycles. The predicted octanol–water partition coefficient (Wildman–Crippen LogP) is 3.79. The van der Waals surface area contributed by atoms with E-state index in [9.17, 15) is 0 Å². The minimum absolute atomic E-state index is 0.459. The minimum atomic E-state index is 0.459. The Morgan fingerprint density at radius 3 is 2.71 bits per heavy atom. The van der Waals surface area contributed by atoms with Crippen LogP contribution in [0.4, 0.5) is 0 Å². The van der Waals surface area contributed by atoms with Crippen LogP contribution in [-0.2, 0) is 13.0 Å². The fraction of sp³-hybridized carbons (Fsp3) is 0.333. The van der Waals surface area contributed by atoms with Crippen LogP contribution in [0.25, 0.3) is 0 Å². The van der Waals surface area contributed by atoms with Gasteiger partial charge in [-0.1, -0.05) is 48.0 Å². The first-order valence-electron chi connectivity index (χ1n) is 7.54. The van der Waals surface area contributed by atoms with Crippen molar-refractivity contribution in [1.29, 1.82) is 0 Å². The largest absolute Gasteiger partial charge is 0.329 e. The molecule has 1 aliphatic rings. The van der Waals surface area contributed by atoms with Gasteiger partial charge < -0.3 is 5.73 Å². The van der Waals surface area contributed by atoms with Crippen molar-refractivity contribution in [3.63, 3.8) is 0 Å². The van der Waals surface area contributed by atoms with Gasteiger partial charge in [-0.05, 0) is 41.7 Å². The Labute approximate surface area is 131 Å². The highest BCUT2D eigenvalue weighted by atomic mass is 35.5. The molecule has 2 aromatic rings. The van der Waals surface area contributed by atoms with E-state index in [1.165, 1.54) is 16.7 Å². The lowest BCUT2D eigenvalue weighted by Crippen LogP contribution is -2.32. The van der Waals surface area contributed by atoms with Gasteiger partial charge in [0.2, 0.25) is 0 Å². The SMILES string of the molecule is NCCN(Cc1ccccc1)C1CCc2cc(Cl)ccc21. The van der Waals surface area contributed by atoms with Crippen molar-refractivity contribution in [3.8, 4) is 0 Å². The lowest BCUT2D eigenvalue weighted by atomic mass is 10.1. The standard InChI is InChI=1S/C18H21ClN2/c19-16-7-8-17-15(12-16)6-9-18(17)21(11-10-20)13-14-4-2-1-3-5-14/h1-5,7-8,12,18H,6,9-11,13,20H2. The summed E-state index contributed by atoms with van der Waals surface area (Å²) in [5.74, 6) is 0. The molecule has 0 spiro atoms. The molecule has 2 nitrogen and oxygen atoms in total. The average molecular weight is 301 g/mol. The molecule has 3 rings (SSSR count). The molecule has 0 bridgehead atoms. The topological polar surface area (TPSA) is 29.3 Å². The lowest BCUT2D eigenvalue weighted by molar-refractivity contribution is 0.193. The van der Waals surface area contributed by atoms with E-state index in [1.54, 1.807) is 0 Å². The van der Waals surface area contributed by atoms with Crippen molar-refractivity contribution in [2.24, 2.45) is 5.73 Å². The Hall–Kier alpha value is -1.35. The van der Waals surface area contributed by atoms with Gasteiger partial charge in [-0.2, -0.15) is 0 Å². The van der Waals surface area contributed by atoms with Crippen LogP contribution >= 0.6 is 11.6 Å². The Morgan fingerprint density at radius 1 is 1.14 bits per heavy atom. The van der Waals surface area contributed by atoms with Gasteiger partial charge in [-0.25, -0.2) is 0 Å². The monoisotopic (exact) mass is 300 g/mol. The van der Waals surface area contributed by atoms with Crippen molar-refractivity contribution < 1.29 is 0 Å². The van der Waals surface area contributed by atoms with Crippen molar-refractivity contribution in [1.82, 2.24) is 4.90 Å². The molecule has 1 aliphatic carbocycles. The van der Waals surface area contributed by atoms with E-state index in [0.717, 1.165) is 31.0 Å². The van der Waals surface area contributed by atoms with E-state index in [-0.39, 0.29) is 0 Å². The van der Waals surface area contributed by atoms with E-state index in [2.05, 4.69) is 47.4 Å². The third-order valence-electron chi connectivity index (χ3n) is 4.24. The first-order valence-corrected chi connectivity index (χ1v) is 7.92. The summed E-state index contributed by atoms with van der Waals surface area (Å²) in [7, 11) is 0. The van der Waals surface area contributed by atoms with Crippen molar-refractivity contribution in [3.05, 3.63) is 70.2 Å². The van der Waals surface area contributed by atoms with Gasteiger partial charge in [0.05, 0.1) is 0 Å². The van der Waals surface area contributed by atoms with Gasteiger partial charge in [0.1, 0.15) is 0 Å². The van der Waals surface area contributed by atoms with Crippen LogP contribution in [-0.4, -0.2) is 18.0 Å². The number of aryl methyl sites for hydroxylation is 1. The number of halogens is 1. The highest BCUT2D eigenvalue weighted by molar-refractivity contribution is 6.30. The average Bonchev–Trinajstić information content (AvgIpc) is 2.90.